The van der Waals surface area contributed by atoms with Crippen molar-refractivity contribution in [1.29, 1.82) is 0 Å². The van der Waals surface area contributed by atoms with Crippen molar-refractivity contribution in [3.8, 4) is 0 Å². The molecule has 1 heterocycles. The summed E-state index contributed by atoms with van der Waals surface area (Å²) in [5, 5.41) is 0. The van der Waals surface area contributed by atoms with Gasteiger partial charge in [-0.1, -0.05) is 18.2 Å². The van der Waals surface area contributed by atoms with Gasteiger partial charge in [-0.05, 0) is 42.3 Å². The normalized spacial score (nSPS) is 13.4. The van der Waals surface area contributed by atoms with Gasteiger partial charge in [0.05, 0.1) is 0 Å². The minimum absolute atomic E-state index is 0.169. The van der Waals surface area contributed by atoms with Crippen LogP contribution in [0.2, 0.25) is 0 Å². The summed E-state index contributed by atoms with van der Waals surface area (Å²) in [6, 6.07) is 14.1. The molecule has 2 N–H and O–H groups in total. The van der Waals surface area contributed by atoms with Gasteiger partial charge in [-0.25, -0.2) is 0 Å². The first-order valence-electron chi connectivity index (χ1n) is 9.19. The maximum absolute atomic E-state index is 12.3. The van der Waals surface area contributed by atoms with Gasteiger partial charge in [0, 0.05) is 50.4 Å². The van der Waals surface area contributed by atoms with Gasteiger partial charge >= 0.3 is 0 Å². The fraction of sp³-hybridized carbons (Fsp3) is 0.286. The standard InChI is InChI=1S/C21H24N4O3/c1-24(2)18-6-3-5-17(13-18)21(28)23-22-20(27)16-10-8-15(9-11-16)14-25-12-4-7-19(25)26/h3,5-6,8-11,13H,4,7,12,14H2,1-2H3,(H,22,27)(H,23,28). The third kappa shape index (κ3) is 4.68. The highest BCUT2D eigenvalue weighted by Gasteiger charge is 2.20. The number of nitrogens with zero attached hydrogens (tertiary/aromatic N) is 2. The van der Waals surface area contributed by atoms with Gasteiger partial charge in [0.2, 0.25) is 5.91 Å². The first-order chi connectivity index (χ1) is 13.4. The highest BCUT2D eigenvalue weighted by atomic mass is 16.2. The van der Waals surface area contributed by atoms with Crippen LogP contribution in [0.5, 0.6) is 0 Å². The number of benzene rings is 2. The zero-order valence-corrected chi connectivity index (χ0v) is 16.1. The van der Waals surface area contributed by atoms with Gasteiger partial charge in [0.25, 0.3) is 11.8 Å². The lowest BCUT2D eigenvalue weighted by molar-refractivity contribution is -0.128. The summed E-state index contributed by atoms with van der Waals surface area (Å²) in [6.45, 7) is 1.34. The van der Waals surface area contributed by atoms with Gasteiger partial charge in [-0.15, -0.1) is 0 Å². The third-order valence-corrected chi connectivity index (χ3v) is 4.68. The summed E-state index contributed by atoms with van der Waals surface area (Å²) in [7, 11) is 3.78. The van der Waals surface area contributed by atoms with Crippen molar-refractivity contribution in [3.63, 3.8) is 0 Å². The van der Waals surface area contributed by atoms with Crippen LogP contribution >= 0.6 is 0 Å². The van der Waals surface area contributed by atoms with Crippen LogP contribution in [0, 0.1) is 0 Å². The molecule has 0 spiro atoms. The summed E-state index contributed by atoms with van der Waals surface area (Å²) in [4.78, 5) is 39.9. The summed E-state index contributed by atoms with van der Waals surface area (Å²) in [6.07, 6.45) is 1.51. The van der Waals surface area contributed by atoms with Gasteiger partial charge in [0.1, 0.15) is 0 Å². The lowest BCUT2D eigenvalue weighted by atomic mass is 10.1. The van der Waals surface area contributed by atoms with E-state index in [0.717, 1.165) is 24.2 Å². The van der Waals surface area contributed by atoms with E-state index in [-0.39, 0.29) is 11.8 Å². The highest BCUT2D eigenvalue weighted by molar-refractivity contribution is 5.99. The smallest absolute Gasteiger partial charge is 0.269 e. The fourth-order valence-electron chi connectivity index (χ4n) is 3.04. The molecule has 28 heavy (non-hydrogen) atoms. The zero-order chi connectivity index (χ0) is 20.1. The van der Waals surface area contributed by atoms with E-state index in [1.165, 1.54) is 0 Å². The van der Waals surface area contributed by atoms with E-state index in [1.807, 2.05) is 42.1 Å². The second-order valence-electron chi connectivity index (χ2n) is 6.97. The number of carbonyl (C=O) groups is 3. The molecule has 2 aromatic carbocycles. The van der Waals surface area contributed by atoms with Crippen molar-refractivity contribution in [2.24, 2.45) is 0 Å². The second-order valence-corrected chi connectivity index (χ2v) is 6.97. The molecule has 146 valence electrons. The lowest BCUT2D eigenvalue weighted by Gasteiger charge is -2.15. The number of hydrazine groups is 1. The van der Waals surface area contributed by atoms with Crippen LogP contribution in [0.4, 0.5) is 5.69 Å². The van der Waals surface area contributed by atoms with Crippen LogP contribution in [0.1, 0.15) is 39.1 Å². The van der Waals surface area contributed by atoms with E-state index >= 15 is 0 Å². The Morgan fingerprint density at radius 2 is 1.68 bits per heavy atom. The van der Waals surface area contributed by atoms with Crippen LogP contribution in [0.15, 0.2) is 48.5 Å². The number of amides is 3. The van der Waals surface area contributed by atoms with Gasteiger partial charge in [-0.2, -0.15) is 0 Å². The van der Waals surface area contributed by atoms with E-state index in [0.29, 0.717) is 24.1 Å². The average molecular weight is 380 g/mol. The van der Waals surface area contributed by atoms with Crippen molar-refractivity contribution in [2.45, 2.75) is 19.4 Å². The Bertz CT molecular complexity index is 877. The molecule has 7 heteroatoms. The first-order valence-corrected chi connectivity index (χ1v) is 9.19. The summed E-state index contributed by atoms with van der Waals surface area (Å²) in [5.74, 6) is -0.620. The van der Waals surface area contributed by atoms with Crippen molar-refractivity contribution in [3.05, 3.63) is 65.2 Å². The molecule has 7 nitrogen and oxygen atoms in total. The Balaban J connectivity index is 1.55. The van der Waals surface area contributed by atoms with Crippen LogP contribution in [-0.2, 0) is 11.3 Å². The molecule has 0 radical (unpaired) electrons. The molecule has 0 atom stereocenters. The molecule has 1 aliphatic heterocycles. The van der Waals surface area contributed by atoms with E-state index in [1.54, 1.807) is 30.3 Å². The minimum atomic E-state index is -0.402. The number of carbonyl (C=O) groups excluding carboxylic acids is 3. The molecule has 1 aliphatic rings. The monoisotopic (exact) mass is 380 g/mol. The van der Waals surface area contributed by atoms with Crippen LogP contribution in [-0.4, -0.2) is 43.3 Å². The fourth-order valence-corrected chi connectivity index (χ4v) is 3.04. The van der Waals surface area contributed by atoms with Gasteiger partial charge in [-0.3, -0.25) is 25.2 Å². The molecule has 0 bridgehead atoms. The minimum Gasteiger partial charge on any atom is -0.378 e. The molecular weight excluding hydrogens is 356 g/mol. The van der Waals surface area contributed by atoms with E-state index < -0.39 is 5.91 Å². The molecule has 3 amide bonds. The summed E-state index contributed by atoms with van der Waals surface area (Å²) in [5.41, 5.74) is 7.61. The topological polar surface area (TPSA) is 81.8 Å². The van der Waals surface area contributed by atoms with Crippen LogP contribution < -0.4 is 15.8 Å². The van der Waals surface area contributed by atoms with Crippen molar-refractivity contribution >= 4 is 23.4 Å². The third-order valence-electron chi connectivity index (χ3n) is 4.68. The molecule has 0 saturated carbocycles. The predicted octanol–water partition coefficient (Wildman–Crippen LogP) is 1.95. The first kappa shape index (κ1) is 19.4. The molecule has 2 aromatic rings. The molecule has 3 rings (SSSR count). The molecule has 0 unspecified atom stereocenters. The maximum Gasteiger partial charge on any atom is 0.269 e. The quantitative estimate of drug-likeness (QED) is 0.777. The van der Waals surface area contributed by atoms with Crippen molar-refractivity contribution in [1.82, 2.24) is 15.8 Å². The molecule has 0 aromatic heterocycles. The number of hydrogen-bond acceptors (Lipinski definition) is 4. The SMILES string of the molecule is CN(C)c1cccc(C(=O)NNC(=O)c2ccc(CN3CCCC3=O)cc2)c1. The van der Waals surface area contributed by atoms with Gasteiger partial charge < -0.3 is 9.80 Å². The summed E-state index contributed by atoms with van der Waals surface area (Å²) >= 11 is 0. The van der Waals surface area contributed by atoms with E-state index in [9.17, 15) is 14.4 Å². The average Bonchev–Trinajstić information content (AvgIpc) is 3.11. The predicted molar refractivity (Wildman–Crippen MR) is 107 cm³/mol. The number of nitrogens with one attached hydrogen (secondary N) is 2. The number of hydrogen-bond donors (Lipinski definition) is 2. The van der Waals surface area contributed by atoms with Gasteiger partial charge in [0.15, 0.2) is 0 Å². The molecule has 1 saturated heterocycles. The molecule has 1 fully saturated rings. The number of likely N-dealkylation sites (tertiary alicyclic amines) is 1. The maximum atomic E-state index is 12.3. The highest BCUT2D eigenvalue weighted by Crippen LogP contribution is 2.15. The second kappa shape index (κ2) is 8.56. The Kier molecular flexibility index (Phi) is 5.93. The van der Waals surface area contributed by atoms with Crippen molar-refractivity contribution in [2.75, 3.05) is 25.5 Å². The Labute approximate surface area is 164 Å². The van der Waals surface area contributed by atoms with Crippen molar-refractivity contribution < 1.29 is 14.4 Å². The summed E-state index contributed by atoms with van der Waals surface area (Å²) < 4.78 is 0. The zero-order valence-electron chi connectivity index (χ0n) is 16.1. The number of anilines is 1. The largest absolute Gasteiger partial charge is 0.378 e. The van der Waals surface area contributed by atoms with Crippen LogP contribution in [0.3, 0.4) is 0 Å². The van der Waals surface area contributed by atoms with E-state index in [2.05, 4.69) is 10.9 Å². The Morgan fingerprint density at radius 3 is 2.29 bits per heavy atom. The van der Waals surface area contributed by atoms with Crippen LogP contribution in [0.25, 0.3) is 0 Å². The van der Waals surface area contributed by atoms with E-state index in [4.69, 9.17) is 0 Å². The molecule has 0 aliphatic carbocycles. The molecular formula is C21H24N4O3. The number of rotatable bonds is 5. The lowest BCUT2D eigenvalue weighted by Crippen LogP contribution is -2.41. The Morgan fingerprint density at radius 1 is 1.00 bits per heavy atom. The Hall–Kier alpha value is -3.35.